The van der Waals surface area contributed by atoms with E-state index in [1.165, 1.54) is 11.8 Å². The van der Waals surface area contributed by atoms with Crippen molar-refractivity contribution >= 4 is 88.9 Å². The summed E-state index contributed by atoms with van der Waals surface area (Å²) in [5.41, 5.74) is 11.8. The van der Waals surface area contributed by atoms with Gasteiger partial charge in [0.2, 0.25) is 65.0 Å². The summed E-state index contributed by atoms with van der Waals surface area (Å²) in [5.74, 6) is -17.1. The number of carbonyl (C=O) groups excluding carboxylic acids is 11. The van der Waals surface area contributed by atoms with Gasteiger partial charge in [-0.25, -0.2) is 4.79 Å². The molecule has 2 saturated heterocycles. The van der Waals surface area contributed by atoms with Gasteiger partial charge in [-0.05, 0) is 114 Å². The molecule has 0 aromatic heterocycles. The van der Waals surface area contributed by atoms with E-state index in [0.717, 1.165) is 4.90 Å². The SMILES string of the molecule is CC[C@H](C)[C@H](NC(=O)[C@H](CCC(=O)O)NC(=O)[C@H](CC(C)C)NC(=O)[C@H](CC(=O)O)NC(=O)CNC(=O)[C@H](CCC(=O)O)NC(=O)[C@@H]1CCCN1C(=O)[C@@H](NC(=O)[C@@H]1CCCN1C(=O)[C@H](CCCCN)NC(=O)[C@@H](N)CC(C)C)[C@@H](C)O)C(=O)N[C@@H](CC(C)C)C(=O)O. The van der Waals surface area contributed by atoms with Crippen molar-refractivity contribution in [2.24, 2.45) is 35.1 Å². The summed E-state index contributed by atoms with van der Waals surface area (Å²) in [7, 11) is 0. The zero-order chi connectivity index (χ0) is 70.6. The van der Waals surface area contributed by atoms with E-state index in [-0.39, 0.29) is 63.5 Å². The van der Waals surface area contributed by atoms with Crippen LogP contribution in [0, 0.1) is 23.7 Å². The number of hydrogen-bond donors (Lipinski definition) is 16. The molecule has 18 N–H and O–H groups in total. The number of unbranched alkanes of at least 4 members (excludes halogenated alkanes) is 1. The minimum atomic E-state index is -1.95. The summed E-state index contributed by atoms with van der Waals surface area (Å²) in [6.07, 6.45) is -2.63. The van der Waals surface area contributed by atoms with E-state index in [1.54, 1.807) is 41.5 Å². The number of amides is 11. The standard InChI is InChI=1S/C60H101N13O20/c1-10-33(8)48(57(89)69-41(60(92)93)27-32(6)7)70-52(84)37(19-21-46(78)79)65-53(85)39(26-31(4)5)68-54(86)40(28-47(80)81)64-44(75)29-63-51(83)36(18-20-45(76)77)66-55(87)42-16-14-24-73(42)59(91)49(34(9)74)71-56(88)43-17-13-23-72(43)58(90)38(15-11-12-22-61)67-50(82)35(62)25-30(2)3/h30-43,48-49,74H,10-29,61-62H2,1-9H3,(H,63,83)(H,64,75)(H,65,85)(H,66,87)(H,67,82)(H,68,86)(H,69,89)(H,70,84)(H,71,88)(H,76,77)(H,78,79)(H,80,81)(H,92,93)/t33-,34+,35-,36-,37-,38-,39-,40-,41-,42-,43-,48-,49-/m0/s1. The second kappa shape index (κ2) is 40.1. The first-order valence-corrected chi connectivity index (χ1v) is 31.9. The first-order valence-electron chi connectivity index (χ1n) is 31.9. The van der Waals surface area contributed by atoms with Crippen LogP contribution in [0.3, 0.4) is 0 Å². The fraction of sp³-hybridized carbons (Fsp3) is 0.750. The average molecular weight is 1320 g/mol. The molecule has 2 rings (SSSR count). The molecule has 0 aromatic rings. The van der Waals surface area contributed by atoms with E-state index in [9.17, 15) is 97.5 Å². The Kier molecular flexibility index (Phi) is 35.0. The molecule has 526 valence electrons. The van der Waals surface area contributed by atoms with Crippen LogP contribution in [-0.4, -0.2) is 223 Å². The van der Waals surface area contributed by atoms with Crippen molar-refractivity contribution in [1.29, 1.82) is 0 Å². The van der Waals surface area contributed by atoms with Crippen LogP contribution in [0.4, 0.5) is 0 Å². The highest BCUT2D eigenvalue weighted by molar-refractivity contribution is 6.00. The van der Waals surface area contributed by atoms with Gasteiger partial charge in [0.15, 0.2) is 0 Å². The van der Waals surface area contributed by atoms with Crippen molar-refractivity contribution in [1.82, 2.24) is 57.7 Å². The summed E-state index contributed by atoms with van der Waals surface area (Å²) in [4.78, 5) is 202. The van der Waals surface area contributed by atoms with Crippen LogP contribution < -0.4 is 59.3 Å². The van der Waals surface area contributed by atoms with Gasteiger partial charge in [-0.2, -0.15) is 0 Å². The molecule has 0 saturated carbocycles. The molecule has 0 aliphatic carbocycles. The second-order valence-corrected chi connectivity index (χ2v) is 25.2. The van der Waals surface area contributed by atoms with Crippen molar-refractivity contribution in [3.63, 3.8) is 0 Å². The second-order valence-electron chi connectivity index (χ2n) is 25.2. The molecule has 2 heterocycles. The molecule has 0 spiro atoms. The van der Waals surface area contributed by atoms with Gasteiger partial charge in [0, 0.05) is 25.9 Å². The van der Waals surface area contributed by atoms with Crippen molar-refractivity contribution in [3.05, 3.63) is 0 Å². The van der Waals surface area contributed by atoms with Gasteiger partial charge in [-0.15, -0.1) is 0 Å². The molecular weight excluding hydrogens is 1220 g/mol. The Morgan fingerprint density at radius 1 is 0.484 bits per heavy atom. The lowest BCUT2D eigenvalue weighted by Gasteiger charge is -2.33. The quantitative estimate of drug-likeness (QED) is 0.0276. The maximum atomic E-state index is 14.3. The van der Waals surface area contributed by atoms with Gasteiger partial charge >= 0.3 is 23.9 Å². The van der Waals surface area contributed by atoms with Crippen molar-refractivity contribution in [2.75, 3.05) is 26.2 Å². The van der Waals surface area contributed by atoms with Gasteiger partial charge in [0.25, 0.3) is 0 Å². The number of nitrogens with one attached hydrogen (secondary N) is 9. The Balaban J connectivity index is 2.30. The summed E-state index contributed by atoms with van der Waals surface area (Å²) < 4.78 is 0. The molecule has 0 unspecified atom stereocenters. The van der Waals surface area contributed by atoms with Crippen molar-refractivity contribution < 1.29 is 97.5 Å². The topological polar surface area (TPSA) is 524 Å². The first-order chi connectivity index (χ1) is 43.5. The monoisotopic (exact) mass is 1320 g/mol. The molecule has 33 heteroatoms. The molecule has 2 aliphatic heterocycles. The molecule has 0 radical (unpaired) electrons. The highest BCUT2D eigenvalue weighted by atomic mass is 16.4. The fourth-order valence-corrected chi connectivity index (χ4v) is 10.7. The molecule has 0 aromatic carbocycles. The molecular formula is C60H101N13O20. The maximum Gasteiger partial charge on any atom is 0.326 e. The Hall–Kier alpha value is -8.07. The van der Waals surface area contributed by atoms with Crippen LogP contribution in [0.25, 0.3) is 0 Å². The predicted molar refractivity (Wildman–Crippen MR) is 332 cm³/mol. The number of carboxylic acid groups (broad SMARTS) is 4. The van der Waals surface area contributed by atoms with Gasteiger partial charge in [0.1, 0.15) is 60.4 Å². The zero-order valence-electron chi connectivity index (χ0n) is 54.8. The molecule has 13 atom stereocenters. The van der Waals surface area contributed by atoms with Gasteiger partial charge in [-0.1, -0.05) is 61.8 Å². The number of carboxylic acids is 4. The summed E-state index contributed by atoms with van der Waals surface area (Å²) in [6, 6.07) is -15.7. The lowest BCUT2D eigenvalue weighted by atomic mass is 9.96. The lowest BCUT2D eigenvalue weighted by Crippen LogP contribution is -2.61. The van der Waals surface area contributed by atoms with Gasteiger partial charge < -0.3 is 94.7 Å². The molecule has 11 amide bonds. The Bertz CT molecular complexity index is 2620. The van der Waals surface area contributed by atoms with Crippen LogP contribution in [0.15, 0.2) is 0 Å². The van der Waals surface area contributed by atoms with Gasteiger partial charge in [0.05, 0.1) is 25.1 Å². The molecule has 33 nitrogen and oxygen atoms in total. The third kappa shape index (κ3) is 28.0. The minimum Gasteiger partial charge on any atom is -0.481 e. The largest absolute Gasteiger partial charge is 0.481 e. The highest BCUT2D eigenvalue weighted by Gasteiger charge is 2.44. The van der Waals surface area contributed by atoms with E-state index >= 15 is 0 Å². The average Bonchev–Trinajstić information content (AvgIpc) is 1.76. The smallest absolute Gasteiger partial charge is 0.326 e. The van der Waals surface area contributed by atoms with Crippen molar-refractivity contribution in [2.45, 2.75) is 238 Å². The number of likely N-dealkylation sites (tertiary alicyclic amines) is 2. The van der Waals surface area contributed by atoms with E-state index in [4.69, 9.17) is 11.5 Å². The molecule has 2 aliphatic rings. The number of rotatable bonds is 42. The number of aliphatic hydroxyl groups is 1. The predicted octanol–water partition coefficient (Wildman–Crippen LogP) is -2.73. The Morgan fingerprint density at radius 2 is 0.957 bits per heavy atom. The molecule has 0 bridgehead atoms. The summed E-state index contributed by atoms with van der Waals surface area (Å²) in [5, 5.41) is 71.2. The minimum absolute atomic E-state index is 0.000362. The van der Waals surface area contributed by atoms with E-state index in [0.29, 0.717) is 38.6 Å². The molecule has 93 heavy (non-hydrogen) atoms. The van der Waals surface area contributed by atoms with Crippen LogP contribution in [0.5, 0.6) is 0 Å². The normalized spacial score (nSPS) is 18.2. The maximum absolute atomic E-state index is 14.3. The number of carbonyl (C=O) groups is 15. The van der Waals surface area contributed by atoms with Gasteiger partial charge in [-0.3, -0.25) is 67.1 Å². The Morgan fingerprint density at radius 3 is 1.45 bits per heavy atom. The van der Waals surface area contributed by atoms with Crippen LogP contribution in [0.1, 0.15) is 165 Å². The first kappa shape index (κ1) is 81.0. The fourth-order valence-electron chi connectivity index (χ4n) is 10.7. The number of hydrogen-bond acceptors (Lipinski definition) is 18. The third-order valence-electron chi connectivity index (χ3n) is 15.8. The zero-order valence-corrected chi connectivity index (χ0v) is 54.8. The number of nitrogens with two attached hydrogens (primary N) is 2. The summed E-state index contributed by atoms with van der Waals surface area (Å²) in [6.45, 7) is 14.4. The van der Waals surface area contributed by atoms with Crippen LogP contribution >= 0.6 is 0 Å². The molecule has 2 fully saturated rings. The Labute approximate surface area is 541 Å². The van der Waals surface area contributed by atoms with E-state index in [1.807, 2.05) is 13.8 Å². The van der Waals surface area contributed by atoms with E-state index < -0.39 is 212 Å². The number of aliphatic carboxylic acids is 4. The third-order valence-corrected chi connectivity index (χ3v) is 15.8. The van der Waals surface area contributed by atoms with Crippen LogP contribution in [-0.2, 0) is 71.9 Å². The highest BCUT2D eigenvalue weighted by Crippen LogP contribution is 2.24. The van der Waals surface area contributed by atoms with Crippen LogP contribution in [0.2, 0.25) is 0 Å². The lowest BCUT2D eigenvalue weighted by molar-refractivity contribution is -0.146. The number of aliphatic hydroxyl groups excluding tert-OH is 1. The summed E-state index contributed by atoms with van der Waals surface area (Å²) >= 11 is 0. The number of nitrogens with zero attached hydrogens (tertiary/aromatic N) is 2. The van der Waals surface area contributed by atoms with Crippen molar-refractivity contribution in [3.8, 4) is 0 Å². The van der Waals surface area contributed by atoms with E-state index in [2.05, 4.69) is 47.9 Å².